The highest BCUT2D eigenvalue weighted by atomic mass is 16.3. The maximum atomic E-state index is 11.7. The second-order valence-corrected chi connectivity index (χ2v) is 3.83. The van der Waals surface area contributed by atoms with E-state index in [1.807, 2.05) is 0 Å². The smallest absolute Gasteiger partial charge is 0.258 e. The van der Waals surface area contributed by atoms with E-state index in [-0.39, 0.29) is 11.4 Å². The van der Waals surface area contributed by atoms with Crippen LogP contribution < -0.4 is 5.56 Å². The average molecular weight is 255 g/mol. The summed E-state index contributed by atoms with van der Waals surface area (Å²) in [5, 5.41) is 17.2. The number of aromatic hydroxyl groups is 1. The molecule has 0 amide bonds. The Bertz CT molecular complexity index is 805. The molecule has 94 valence electrons. The molecule has 3 N–H and O–H groups in total. The van der Waals surface area contributed by atoms with Gasteiger partial charge in [-0.3, -0.25) is 9.78 Å². The fraction of sp³-hybridized carbons (Fsp3) is 0. The van der Waals surface area contributed by atoms with Gasteiger partial charge >= 0.3 is 0 Å². The monoisotopic (exact) mass is 255 g/mol. The highest BCUT2D eigenvalue weighted by Gasteiger charge is 2.08. The number of hydrogen-bond donors (Lipinski definition) is 3. The number of fused-ring (bicyclic) bond motifs is 1. The van der Waals surface area contributed by atoms with E-state index in [1.165, 1.54) is 12.5 Å². The molecule has 3 rings (SSSR count). The minimum Gasteiger partial charge on any atom is -0.494 e. The van der Waals surface area contributed by atoms with Crippen molar-refractivity contribution in [3.8, 4) is 5.88 Å². The first-order valence-corrected chi connectivity index (χ1v) is 5.49. The van der Waals surface area contributed by atoms with Crippen molar-refractivity contribution in [1.82, 2.24) is 20.2 Å². The number of aromatic nitrogens is 4. The Hall–Kier alpha value is -2.96. The van der Waals surface area contributed by atoms with Gasteiger partial charge in [0, 0.05) is 17.0 Å². The first-order valence-electron chi connectivity index (χ1n) is 5.49. The van der Waals surface area contributed by atoms with Crippen LogP contribution in [0.25, 0.3) is 10.8 Å². The summed E-state index contributed by atoms with van der Waals surface area (Å²) in [4.78, 5) is 22.0. The molecule has 3 aromatic rings. The van der Waals surface area contributed by atoms with E-state index >= 15 is 0 Å². The third-order valence-electron chi connectivity index (χ3n) is 2.67. The highest BCUT2D eigenvalue weighted by Crippen LogP contribution is 2.20. The molecule has 1 aromatic carbocycles. The van der Waals surface area contributed by atoms with Crippen LogP contribution in [0.15, 0.2) is 40.4 Å². The van der Waals surface area contributed by atoms with Gasteiger partial charge in [0.2, 0.25) is 11.8 Å². The number of nitrogens with zero attached hydrogens (tertiary/aromatic N) is 3. The van der Waals surface area contributed by atoms with Gasteiger partial charge in [-0.05, 0) is 6.07 Å². The molecule has 0 aliphatic rings. The number of aromatic amines is 2. The summed E-state index contributed by atoms with van der Waals surface area (Å²) < 4.78 is 0. The number of nitrogens with one attached hydrogen (secondary N) is 2. The van der Waals surface area contributed by atoms with Crippen molar-refractivity contribution < 1.29 is 5.11 Å². The molecule has 0 atom stereocenters. The number of rotatable bonds is 2. The van der Waals surface area contributed by atoms with E-state index in [0.29, 0.717) is 22.3 Å². The third kappa shape index (κ3) is 1.97. The van der Waals surface area contributed by atoms with Crippen LogP contribution in [-0.4, -0.2) is 31.5 Å². The zero-order valence-electron chi connectivity index (χ0n) is 9.66. The van der Waals surface area contributed by atoms with E-state index in [4.69, 9.17) is 0 Å². The number of H-pyrrole nitrogens is 2. The van der Waals surface area contributed by atoms with Crippen LogP contribution in [0.4, 0.5) is 5.95 Å². The molecule has 19 heavy (non-hydrogen) atoms. The Kier molecular flexibility index (Phi) is 2.57. The van der Waals surface area contributed by atoms with Gasteiger partial charge in [-0.1, -0.05) is 18.2 Å². The summed E-state index contributed by atoms with van der Waals surface area (Å²) in [6.45, 7) is 0. The summed E-state index contributed by atoms with van der Waals surface area (Å²) in [6, 6.07) is 6.96. The fourth-order valence-corrected chi connectivity index (χ4v) is 1.80. The molecule has 0 radical (unpaired) electrons. The summed E-state index contributed by atoms with van der Waals surface area (Å²) in [5.41, 5.74) is 0.0801. The van der Waals surface area contributed by atoms with Gasteiger partial charge in [-0.2, -0.15) is 10.1 Å². The van der Waals surface area contributed by atoms with Gasteiger partial charge in [0.1, 0.15) is 6.33 Å². The van der Waals surface area contributed by atoms with Crippen LogP contribution in [0.2, 0.25) is 0 Å². The van der Waals surface area contributed by atoms with E-state index in [1.54, 1.807) is 24.3 Å². The van der Waals surface area contributed by atoms with Gasteiger partial charge in [0.15, 0.2) is 0 Å². The van der Waals surface area contributed by atoms with Crippen molar-refractivity contribution in [3.05, 3.63) is 46.5 Å². The van der Waals surface area contributed by atoms with Crippen molar-refractivity contribution >= 4 is 22.9 Å². The Morgan fingerprint density at radius 1 is 1.26 bits per heavy atom. The molecule has 2 aromatic heterocycles. The Morgan fingerprint density at radius 3 is 2.79 bits per heavy atom. The minimum atomic E-state index is -0.343. The third-order valence-corrected chi connectivity index (χ3v) is 2.67. The molecule has 0 unspecified atom stereocenters. The van der Waals surface area contributed by atoms with Crippen molar-refractivity contribution in [3.63, 3.8) is 0 Å². The number of aliphatic imine (C=N–C) groups is 1. The van der Waals surface area contributed by atoms with E-state index in [0.717, 1.165) is 0 Å². The molecule has 7 heteroatoms. The van der Waals surface area contributed by atoms with Gasteiger partial charge in [0.25, 0.3) is 5.56 Å². The highest BCUT2D eigenvalue weighted by molar-refractivity contribution is 6.01. The molecule has 2 heterocycles. The molecular weight excluding hydrogens is 246 g/mol. The van der Waals surface area contributed by atoms with E-state index < -0.39 is 0 Å². The van der Waals surface area contributed by atoms with Gasteiger partial charge < -0.3 is 5.11 Å². The van der Waals surface area contributed by atoms with Crippen molar-refractivity contribution in [1.29, 1.82) is 0 Å². The van der Waals surface area contributed by atoms with Crippen LogP contribution in [0.1, 0.15) is 5.56 Å². The molecule has 0 aliphatic heterocycles. The first-order chi connectivity index (χ1) is 9.25. The number of hydrogen-bond acceptors (Lipinski definition) is 5. The summed E-state index contributed by atoms with van der Waals surface area (Å²) in [6.07, 6.45) is 2.76. The predicted octanol–water partition coefficient (Wildman–Crippen LogP) is 1.10. The zero-order valence-corrected chi connectivity index (χ0v) is 9.66. The standard InChI is InChI=1S/C12H9N5O2/c18-10-8-4-2-1-3-7(8)9(11(19)16-10)5-13-12-14-6-15-17-12/h1-6H,(H,14,15,17)(H2,16,18,19)/b13-5+. The lowest BCUT2D eigenvalue weighted by Gasteiger charge is -2.03. The molecule has 7 nitrogen and oxygen atoms in total. The van der Waals surface area contributed by atoms with E-state index in [9.17, 15) is 9.90 Å². The predicted molar refractivity (Wildman–Crippen MR) is 69.9 cm³/mol. The van der Waals surface area contributed by atoms with Gasteiger partial charge in [-0.15, -0.1) is 0 Å². The van der Waals surface area contributed by atoms with Crippen molar-refractivity contribution in [2.75, 3.05) is 0 Å². The second-order valence-electron chi connectivity index (χ2n) is 3.83. The first kappa shape index (κ1) is 11.1. The molecule has 0 saturated heterocycles. The van der Waals surface area contributed by atoms with Crippen LogP contribution in [0.3, 0.4) is 0 Å². The number of benzene rings is 1. The lowest BCUT2D eigenvalue weighted by molar-refractivity contribution is 0.452. The van der Waals surface area contributed by atoms with Crippen LogP contribution in [0, 0.1) is 0 Å². The second kappa shape index (κ2) is 4.37. The maximum Gasteiger partial charge on any atom is 0.258 e. The molecule has 0 saturated carbocycles. The molecular formula is C12H9N5O2. The molecule has 0 bridgehead atoms. The Balaban J connectivity index is 2.20. The largest absolute Gasteiger partial charge is 0.494 e. The normalized spacial score (nSPS) is 11.4. The Labute approximate surface area is 106 Å². The van der Waals surface area contributed by atoms with Crippen LogP contribution in [-0.2, 0) is 0 Å². The molecule has 0 spiro atoms. The maximum absolute atomic E-state index is 11.7. The number of pyridine rings is 1. The molecule has 0 aliphatic carbocycles. The van der Waals surface area contributed by atoms with Crippen LogP contribution >= 0.6 is 0 Å². The van der Waals surface area contributed by atoms with E-state index in [2.05, 4.69) is 25.2 Å². The average Bonchev–Trinajstić information content (AvgIpc) is 2.92. The quantitative estimate of drug-likeness (QED) is 0.596. The summed E-state index contributed by atoms with van der Waals surface area (Å²) in [5.74, 6) is 0.0849. The fourth-order valence-electron chi connectivity index (χ4n) is 1.80. The molecule has 0 fully saturated rings. The van der Waals surface area contributed by atoms with Crippen molar-refractivity contribution in [2.45, 2.75) is 0 Å². The minimum absolute atomic E-state index is 0.230. The van der Waals surface area contributed by atoms with Gasteiger partial charge in [-0.25, -0.2) is 10.1 Å². The van der Waals surface area contributed by atoms with Crippen LogP contribution in [0.5, 0.6) is 5.88 Å². The summed E-state index contributed by atoms with van der Waals surface area (Å²) in [7, 11) is 0. The summed E-state index contributed by atoms with van der Waals surface area (Å²) >= 11 is 0. The van der Waals surface area contributed by atoms with Gasteiger partial charge in [0.05, 0.1) is 5.56 Å². The lowest BCUT2D eigenvalue weighted by atomic mass is 10.1. The SMILES string of the molecule is O=c1[nH]c(O)c(/C=N/c2ncn[nH]2)c2ccccc12. The topological polar surface area (TPSA) is 107 Å². The lowest BCUT2D eigenvalue weighted by Crippen LogP contribution is -2.07. The Morgan fingerprint density at radius 2 is 2.05 bits per heavy atom. The zero-order chi connectivity index (χ0) is 13.2. The van der Waals surface area contributed by atoms with Crippen molar-refractivity contribution in [2.24, 2.45) is 4.99 Å².